The number of halogens is 2. The molecule has 114 valence electrons. The van der Waals surface area contributed by atoms with Crippen LogP contribution in [-0.2, 0) is 11.3 Å². The van der Waals surface area contributed by atoms with Crippen LogP contribution in [0.5, 0.6) is 0 Å². The second kappa shape index (κ2) is 5.93. The van der Waals surface area contributed by atoms with Gasteiger partial charge in [-0.1, -0.05) is 24.4 Å². The third-order valence-corrected chi connectivity index (χ3v) is 5.24. The summed E-state index contributed by atoms with van der Waals surface area (Å²) in [4.78, 5) is 13.6. The fourth-order valence-corrected chi connectivity index (χ4v) is 4.06. The summed E-state index contributed by atoms with van der Waals surface area (Å²) in [5.74, 6) is -0.662. The van der Waals surface area contributed by atoms with Gasteiger partial charge in [0.15, 0.2) is 0 Å². The predicted molar refractivity (Wildman–Crippen MR) is 78.7 cm³/mol. The van der Waals surface area contributed by atoms with Crippen LogP contribution in [0.2, 0.25) is 5.02 Å². The van der Waals surface area contributed by atoms with Gasteiger partial charge in [0, 0.05) is 17.6 Å². The van der Waals surface area contributed by atoms with Crippen molar-refractivity contribution in [2.75, 3.05) is 0 Å². The Kier molecular flexibility index (Phi) is 4.18. The van der Waals surface area contributed by atoms with Crippen molar-refractivity contribution >= 4 is 17.6 Å². The van der Waals surface area contributed by atoms with E-state index in [0.29, 0.717) is 35.5 Å². The standard InChI is InChI=1S/C16H19ClFNO2/c17-13-6-5-12(18)7-11(13)9-19-14-4-2-1-3-10(14)8-15(19)16(20)21/h5-7,10,14-15H,1-4,8-9H2,(H,20,21). The Morgan fingerprint density at radius 2 is 2.14 bits per heavy atom. The number of rotatable bonds is 3. The van der Waals surface area contributed by atoms with Gasteiger partial charge in [-0.05, 0) is 48.9 Å². The van der Waals surface area contributed by atoms with Gasteiger partial charge in [-0.2, -0.15) is 0 Å². The molecule has 2 fully saturated rings. The molecule has 0 bridgehead atoms. The molecule has 1 aromatic carbocycles. The Balaban J connectivity index is 1.86. The highest BCUT2D eigenvalue weighted by Crippen LogP contribution is 2.41. The molecule has 21 heavy (non-hydrogen) atoms. The first-order valence-electron chi connectivity index (χ1n) is 7.48. The number of fused-ring (bicyclic) bond motifs is 1. The van der Waals surface area contributed by atoms with E-state index in [0.717, 1.165) is 19.3 Å². The van der Waals surface area contributed by atoms with Crippen LogP contribution in [0.4, 0.5) is 4.39 Å². The second-order valence-corrected chi connectivity index (χ2v) is 6.52. The number of benzene rings is 1. The molecule has 1 saturated heterocycles. The topological polar surface area (TPSA) is 40.5 Å². The van der Waals surface area contributed by atoms with E-state index in [2.05, 4.69) is 0 Å². The van der Waals surface area contributed by atoms with E-state index in [1.165, 1.54) is 24.6 Å². The minimum Gasteiger partial charge on any atom is -0.480 e. The van der Waals surface area contributed by atoms with Gasteiger partial charge >= 0.3 is 5.97 Å². The normalized spacial score (nSPS) is 29.3. The first-order valence-corrected chi connectivity index (χ1v) is 7.86. The first-order chi connectivity index (χ1) is 10.1. The maximum atomic E-state index is 13.4. The Labute approximate surface area is 128 Å². The fourth-order valence-electron chi connectivity index (χ4n) is 3.88. The lowest BCUT2D eigenvalue weighted by molar-refractivity contribution is -0.142. The summed E-state index contributed by atoms with van der Waals surface area (Å²) < 4.78 is 13.4. The quantitative estimate of drug-likeness (QED) is 0.925. The highest BCUT2D eigenvalue weighted by molar-refractivity contribution is 6.31. The monoisotopic (exact) mass is 311 g/mol. The van der Waals surface area contributed by atoms with Crippen molar-refractivity contribution in [1.82, 2.24) is 4.90 Å². The van der Waals surface area contributed by atoms with Gasteiger partial charge in [0.1, 0.15) is 11.9 Å². The van der Waals surface area contributed by atoms with Gasteiger partial charge in [-0.25, -0.2) is 4.39 Å². The van der Waals surface area contributed by atoms with Gasteiger partial charge in [0.2, 0.25) is 0 Å². The van der Waals surface area contributed by atoms with Crippen molar-refractivity contribution in [3.05, 3.63) is 34.6 Å². The van der Waals surface area contributed by atoms with Gasteiger partial charge in [0.25, 0.3) is 0 Å². The van der Waals surface area contributed by atoms with Gasteiger partial charge < -0.3 is 5.11 Å². The summed E-state index contributed by atoms with van der Waals surface area (Å²) >= 11 is 6.14. The largest absolute Gasteiger partial charge is 0.480 e. The van der Waals surface area contributed by atoms with Crippen LogP contribution < -0.4 is 0 Å². The number of carboxylic acids is 1. The maximum absolute atomic E-state index is 13.4. The molecule has 1 N–H and O–H groups in total. The van der Waals surface area contributed by atoms with Gasteiger partial charge in [-0.15, -0.1) is 0 Å². The highest BCUT2D eigenvalue weighted by Gasteiger charge is 2.45. The first kappa shape index (κ1) is 14.8. The van der Waals surface area contributed by atoms with Gasteiger partial charge in [0.05, 0.1) is 0 Å². The van der Waals surface area contributed by atoms with Crippen LogP contribution in [0, 0.1) is 11.7 Å². The van der Waals surface area contributed by atoms with Crippen molar-refractivity contribution in [2.45, 2.75) is 50.7 Å². The van der Waals surface area contributed by atoms with Crippen LogP contribution in [0.25, 0.3) is 0 Å². The molecule has 3 nitrogen and oxygen atoms in total. The number of nitrogens with zero attached hydrogens (tertiary/aromatic N) is 1. The summed E-state index contributed by atoms with van der Waals surface area (Å²) in [6, 6.07) is 4.10. The number of carboxylic acid groups (broad SMARTS) is 1. The zero-order valence-electron chi connectivity index (χ0n) is 11.8. The zero-order chi connectivity index (χ0) is 15.0. The molecule has 0 amide bonds. The Bertz CT molecular complexity index is 551. The van der Waals surface area contributed by atoms with Crippen LogP contribution in [0.15, 0.2) is 18.2 Å². The van der Waals surface area contributed by atoms with Crippen molar-refractivity contribution in [1.29, 1.82) is 0 Å². The van der Waals surface area contributed by atoms with Crippen molar-refractivity contribution in [3.63, 3.8) is 0 Å². The van der Waals surface area contributed by atoms with Gasteiger partial charge in [-0.3, -0.25) is 9.69 Å². The fraction of sp³-hybridized carbons (Fsp3) is 0.562. The lowest BCUT2D eigenvalue weighted by atomic mass is 9.84. The van der Waals surface area contributed by atoms with Crippen LogP contribution >= 0.6 is 11.6 Å². The SMILES string of the molecule is O=C(O)C1CC2CCCCC2N1Cc1cc(F)ccc1Cl. The molecular weight excluding hydrogens is 293 g/mol. The van der Waals surface area contributed by atoms with Crippen LogP contribution in [-0.4, -0.2) is 28.1 Å². The van der Waals surface area contributed by atoms with E-state index in [-0.39, 0.29) is 5.82 Å². The minimum atomic E-state index is -0.781. The lowest BCUT2D eigenvalue weighted by Crippen LogP contribution is -2.41. The average molecular weight is 312 g/mol. The lowest BCUT2D eigenvalue weighted by Gasteiger charge is -2.33. The third-order valence-electron chi connectivity index (χ3n) is 4.87. The molecule has 1 aliphatic heterocycles. The van der Waals surface area contributed by atoms with E-state index in [1.54, 1.807) is 0 Å². The molecule has 0 spiro atoms. The van der Waals surface area contributed by atoms with E-state index >= 15 is 0 Å². The zero-order valence-corrected chi connectivity index (χ0v) is 12.5. The van der Waals surface area contributed by atoms with E-state index < -0.39 is 12.0 Å². The molecule has 2 aliphatic rings. The van der Waals surface area contributed by atoms with Crippen LogP contribution in [0.1, 0.15) is 37.7 Å². The molecule has 1 saturated carbocycles. The number of aliphatic carboxylic acids is 1. The molecule has 0 aromatic heterocycles. The van der Waals surface area contributed by atoms with Crippen LogP contribution in [0.3, 0.4) is 0 Å². The average Bonchev–Trinajstić information content (AvgIpc) is 2.82. The Morgan fingerprint density at radius 3 is 2.90 bits per heavy atom. The molecule has 5 heteroatoms. The molecule has 1 heterocycles. The van der Waals surface area contributed by atoms with E-state index in [1.807, 2.05) is 4.90 Å². The second-order valence-electron chi connectivity index (χ2n) is 6.11. The Hall–Kier alpha value is -1.13. The number of likely N-dealkylation sites (tertiary alicyclic amines) is 1. The van der Waals surface area contributed by atoms with E-state index in [9.17, 15) is 14.3 Å². The molecule has 3 unspecified atom stereocenters. The summed E-state index contributed by atoms with van der Waals surface area (Å²) in [5, 5.41) is 9.98. The molecular formula is C16H19ClFNO2. The number of hydrogen-bond donors (Lipinski definition) is 1. The molecule has 1 aromatic rings. The van der Waals surface area contributed by atoms with Crippen molar-refractivity contribution in [2.24, 2.45) is 5.92 Å². The summed E-state index contributed by atoms with van der Waals surface area (Å²) in [6.07, 6.45) is 5.15. The third kappa shape index (κ3) is 2.92. The summed E-state index contributed by atoms with van der Waals surface area (Å²) in [6.45, 7) is 0.411. The molecule has 3 rings (SSSR count). The number of carbonyl (C=O) groups is 1. The van der Waals surface area contributed by atoms with Crippen molar-refractivity contribution < 1.29 is 14.3 Å². The smallest absolute Gasteiger partial charge is 0.320 e. The molecule has 0 radical (unpaired) electrons. The minimum absolute atomic E-state index is 0.291. The summed E-state index contributed by atoms with van der Waals surface area (Å²) in [5.41, 5.74) is 0.675. The Morgan fingerprint density at radius 1 is 1.38 bits per heavy atom. The molecule has 3 atom stereocenters. The summed E-state index contributed by atoms with van der Waals surface area (Å²) in [7, 11) is 0. The van der Waals surface area contributed by atoms with Crippen molar-refractivity contribution in [3.8, 4) is 0 Å². The molecule has 1 aliphatic carbocycles. The van der Waals surface area contributed by atoms with E-state index in [4.69, 9.17) is 11.6 Å². The number of hydrogen-bond acceptors (Lipinski definition) is 2. The predicted octanol–water partition coefficient (Wildman–Crippen LogP) is 3.70. The highest BCUT2D eigenvalue weighted by atomic mass is 35.5. The maximum Gasteiger partial charge on any atom is 0.320 e.